The van der Waals surface area contributed by atoms with Crippen LogP contribution in [0.25, 0.3) is 0 Å². The first-order valence-electron chi connectivity index (χ1n) is 7.65. The maximum Gasteiger partial charge on any atom is 0.234 e. The summed E-state index contributed by atoms with van der Waals surface area (Å²) in [6, 6.07) is 6.22. The highest BCUT2D eigenvalue weighted by Crippen LogP contribution is 2.16. The van der Waals surface area contributed by atoms with E-state index in [2.05, 4.69) is 36.4 Å². The van der Waals surface area contributed by atoms with Crippen molar-refractivity contribution >= 4 is 17.2 Å². The monoisotopic (exact) mass is 320 g/mol. The Balaban J connectivity index is 1.76. The van der Waals surface area contributed by atoms with Crippen LogP contribution in [0.2, 0.25) is 0 Å². The van der Waals surface area contributed by atoms with Crippen LogP contribution in [0, 0.1) is 0 Å². The number of nitrogens with zero attached hydrogens (tertiary/aromatic N) is 3. The number of nitrogens with one attached hydrogen (secondary N) is 1. The normalized spacial score (nSPS) is 11.1. The predicted octanol–water partition coefficient (Wildman–Crippen LogP) is 2.28. The summed E-state index contributed by atoms with van der Waals surface area (Å²) in [7, 11) is 1.95. The summed E-state index contributed by atoms with van der Waals surface area (Å²) in [6.07, 6.45) is 2.85. The zero-order chi connectivity index (χ0) is 15.9. The zero-order valence-electron chi connectivity index (χ0n) is 13.5. The Morgan fingerprint density at radius 2 is 2.09 bits per heavy atom. The molecule has 0 fully saturated rings. The smallest absolute Gasteiger partial charge is 0.234 e. The number of thiophene rings is 1. The Morgan fingerprint density at radius 3 is 2.77 bits per heavy atom. The van der Waals surface area contributed by atoms with Gasteiger partial charge in [-0.25, -0.2) is 0 Å². The lowest BCUT2D eigenvalue weighted by Gasteiger charge is -2.16. The summed E-state index contributed by atoms with van der Waals surface area (Å²) in [6.45, 7) is 6.78. The number of hydrogen-bond acceptors (Lipinski definition) is 4. The average Bonchev–Trinajstić information content (AvgIpc) is 3.13. The lowest BCUT2D eigenvalue weighted by molar-refractivity contribution is -0.122. The van der Waals surface area contributed by atoms with Crippen LogP contribution in [0.4, 0.5) is 0 Å². The van der Waals surface area contributed by atoms with E-state index in [1.165, 1.54) is 9.75 Å². The van der Waals surface area contributed by atoms with Gasteiger partial charge >= 0.3 is 0 Å². The van der Waals surface area contributed by atoms with Crippen molar-refractivity contribution in [3.05, 3.63) is 39.8 Å². The largest absolute Gasteiger partial charge is 0.350 e. The van der Waals surface area contributed by atoms with E-state index in [0.717, 1.165) is 25.2 Å². The minimum atomic E-state index is 0.0523. The van der Waals surface area contributed by atoms with Crippen LogP contribution in [0.1, 0.15) is 29.3 Å². The van der Waals surface area contributed by atoms with Gasteiger partial charge in [-0.1, -0.05) is 6.92 Å². The predicted molar refractivity (Wildman–Crippen MR) is 89.8 cm³/mol. The molecule has 5 nitrogen and oxygen atoms in total. The van der Waals surface area contributed by atoms with Gasteiger partial charge < -0.3 is 5.32 Å². The Kier molecular flexibility index (Phi) is 6.15. The van der Waals surface area contributed by atoms with Crippen molar-refractivity contribution in [1.29, 1.82) is 0 Å². The van der Waals surface area contributed by atoms with Crippen molar-refractivity contribution < 1.29 is 4.79 Å². The molecular weight excluding hydrogens is 296 g/mol. The molecule has 0 aliphatic heterocycles. The van der Waals surface area contributed by atoms with Gasteiger partial charge in [0, 0.05) is 29.0 Å². The first-order valence-corrected chi connectivity index (χ1v) is 8.47. The third-order valence-corrected chi connectivity index (χ3v) is 4.70. The Morgan fingerprint density at radius 1 is 1.32 bits per heavy atom. The highest BCUT2D eigenvalue weighted by atomic mass is 32.1. The summed E-state index contributed by atoms with van der Waals surface area (Å²) < 4.78 is 1.95. The van der Waals surface area contributed by atoms with Gasteiger partial charge in [0.1, 0.15) is 0 Å². The van der Waals surface area contributed by atoms with Gasteiger partial charge in [0.15, 0.2) is 0 Å². The van der Waals surface area contributed by atoms with Gasteiger partial charge in [0.2, 0.25) is 5.91 Å². The minimum Gasteiger partial charge on any atom is -0.350 e. The molecule has 0 spiro atoms. The molecule has 2 aromatic rings. The number of rotatable bonds is 8. The van der Waals surface area contributed by atoms with Crippen molar-refractivity contribution in [3.8, 4) is 0 Å². The lowest BCUT2D eigenvalue weighted by Crippen LogP contribution is -2.34. The molecule has 0 aromatic carbocycles. The van der Waals surface area contributed by atoms with Gasteiger partial charge in [-0.2, -0.15) is 5.10 Å². The standard InChI is InChI=1S/C16H24N4OS/c1-4-14-6-7-15(22-14)10-17-16(21)12-19(3)11-13-8-9-18-20(13)5-2/h6-9H,4-5,10-12H2,1-3H3,(H,17,21). The van der Waals surface area contributed by atoms with Crippen molar-refractivity contribution in [2.75, 3.05) is 13.6 Å². The fourth-order valence-electron chi connectivity index (χ4n) is 2.31. The van der Waals surface area contributed by atoms with E-state index in [0.29, 0.717) is 13.1 Å². The number of carbonyl (C=O) groups is 1. The maximum atomic E-state index is 12.0. The van der Waals surface area contributed by atoms with E-state index in [1.807, 2.05) is 22.7 Å². The molecule has 2 aromatic heterocycles. The Hall–Kier alpha value is -1.66. The van der Waals surface area contributed by atoms with Crippen LogP contribution >= 0.6 is 11.3 Å². The summed E-state index contributed by atoms with van der Waals surface area (Å²) in [5.41, 5.74) is 1.13. The van der Waals surface area contributed by atoms with E-state index in [9.17, 15) is 4.79 Å². The number of amides is 1. The van der Waals surface area contributed by atoms with Crippen LogP contribution in [-0.4, -0.2) is 34.2 Å². The molecule has 0 saturated carbocycles. The number of aromatic nitrogens is 2. The Bertz CT molecular complexity index is 605. The fraction of sp³-hybridized carbons (Fsp3) is 0.500. The SMILES string of the molecule is CCc1ccc(CNC(=O)CN(C)Cc2ccnn2CC)s1. The van der Waals surface area contributed by atoms with Crippen molar-refractivity contribution in [2.24, 2.45) is 0 Å². The highest BCUT2D eigenvalue weighted by molar-refractivity contribution is 7.11. The fourth-order valence-corrected chi connectivity index (χ4v) is 3.20. The lowest BCUT2D eigenvalue weighted by atomic mass is 10.3. The molecule has 0 unspecified atom stereocenters. The molecule has 0 aliphatic rings. The zero-order valence-corrected chi connectivity index (χ0v) is 14.3. The average molecular weight is 320 g/mol. The Labute approximate surface area is 135 Å². The highest BCUT2D eigenvalue weighted by Gasteiger charge is 2.10. The van der Waals surface area contributed by atoms with E-state index in [4.69, 9.17) is 0 Å². The molecule has 0 aliphatic carbocycles. The molecule has 1 amide bonds. The molecule has 120 valence electrons. The van der Waals surface area contributed by atoms with Gasteiger partial charge in [0.25, 0.3) is 0 Å². The molecular formula is C16H24N4OS. The van der Waals surface area contributed by atoms with Crippen LogP contribution in [-0.2, 0) is 30.8 Å². The summed E-state index contributed by atoms with van der Waals surface area (Å²) in [4.78, 5) is 16.6. The molecule has 1 N–H and O–H groups in total. The number of aryl methyl sites for hydroxylation is 2. The second-order valence-corrected chi connectivity index (χ2v) is 6.56. The molecule has 2 heterocycles. The second kappa shape index (κ2) is 8.10. The van der Waals surface area contributed by atoms with Gasteiger partial charge in [-0.3, -0.25) is 14.4 Å². The molecule has 2 rings (SSSR count). The third-order valence-electron chi connectivity index (χ3n) is 3.48. The van der Waals surface area contributed by atoms with Crippen LogP contribution in [0.15, 0.2) is 24.4 Å². The first kappa shape index (κ1) is 16.7. The molecule has 0 saturated heterocycles. The summed E-state index contributed by atoms with van der Waals surface area (Å²) in [5, 5.41) is 7.23. The van der Waals surface area contributed by atoms with E-state index in [-0.39, 0.29) is 5.91 Å². The maximum absolute atomic E-state index is 12.0. The second-order valence-electron chi connectivity index (χ2n) is 5.31. The summed E-state index contributed by atoms with van der Waals surface area (Å²) in [5.74, 6) is 0.0523. The molecule has 0 bridgehead atoms. The quantitative estimate of drug-likeness (QED) is 0.812. The van der Waals surface area contributed by atoms with E-state index in [1.54, 1.807) is 17.5 Å². The number of hydrogen-bond donors (Lipinski definition) is 1. The molecule has 0 atom stereocenters. The first-order chi connectivity index (χ1) is 10.6. The van der Waals surface area contributed by atoms with E-state index < -0.39 is 0 Å². The van der Waals surface area contributed by atoms with Gasteiger partial charge in [-0.15, -0.1) is 11.3 Å². The molecule has 0 radical (unpaired) electrons. The molecule has 22 heavy (non-hydrogen) atoms. The molecule has 6 heteroatoms. The third kappa shape index (κ3) is 4.68. The van der Waals surface area contributed by atoms with Crippen LogP contribution in [0.3, 0.4) is 0 Å². The number of likely N-dealkylation sites (N-methyl/N-ethyl adjacent to an activating group) is 1. The van der Waals surface area contributed by atoms with Crippen molar-refractivity contribution in [1.82, 2.24) is 20.0 Å². The summed E-state index contributed by atoms with van der Waals surface area (Å²) >= 11 is 1.76. The minimum absolute atomic E-state index is 0.0523. The van der Waals surface area contributed by atoms with Gasteiger partial charge in [-0.05, 0) is 38.6 Å². The van der Waals surface area contributed by atoms with Crippen LogP contribution in [0.5, 0.6) is 0 Å². The number of carbonyl (C=O) groups excluding carboxylic acids is 1. The van der Waals surface area contributed by atoms with E-state index >= 15 is 0 Å². The van der Waals surface area contributed by atoms with Gasteiger partial charge in [0.05, 0.1) is 18.8 Å². The topological polar surface area (TPSA) is 50.2 Å². The van der Waals surface area contributed by atoms with Crippen molar-refractivity contribution in [3.63, 3.8) is 0 Å². The van der Waals surface area contributed by atoms with Crippen molar-refractivity contribution in [2.45, 2.75) is 39.9 Å². The van der Waals surface area contributed by atoms with Crippen LogP contribution < -0.4 is 5.32 Å².